The van der Waals surface area contributed by atoms with Gasteiger partial charge in [0.05, 0.1) is 26.4 Å². The standard InChI is InChI=1S/C76H148O17P2/c1-9-68(7)54-46-38-29-25-21-17-14-15-19-23-27-31-43-51-59-76(81)93-72(63-87-74(79)57-49-41-35-33-39-47-55-69(8)10-2)65-91-95(84,85)89-61-70(77)60-88-94(82,83)90-64-71(62-86-73(78)56-48-40-34-32-37-45-53-67(5)6)92-75(80)58-50-42-30-26-22-18-13-11-12-16-20-24-28-36-44-52-66(3)4/h66-72,77H,9-65H2,1-8H3,(H,82,83)(H,84,85)/t68?,69?,70?,71-,72-/m1/s1. The zero-order chi connectivity index (χ0) is 70.3. The third-order valence-electron chi connectivity index (χ3n) is 18.3. The maximum atomic E-state index is 13.1. The summed E-state index contributed by atoms with van der Waals surface area (Å²) in [6.07, 6.45) is 50.1. The van der Waals surface area contributed by atoms with Crippen molar-refractivity contribution in [1.82, 2.24) is 0 Å². The molecule has 564 valence electrons. The Morgan fingerprint density at radius 1 is 0.295 bits per heavy atom. The quantitative estimate of drug-likeness (QED) is 0.0222. The van der Waals surface area contributed by atoms with E-state index in [9.17, 15) is 43.2 Å². The van der Waals surface area contributed by atoms with Gasteiger partial charge in [-0.05, 0) is 49.4 Å². The molecule has 0 fully saturated rings. The van der Waals surface area contributed by atoms with E-state index in [0.717, 1.165) is 120 Å². The Morgan fingerprint density at radius 2 is 0.505 bits per heavy atom. The third kappa shape index (κ3) is 67.6. The molecule has 0 aromatic heterocycles. The summed E-state index contributed by atoms with van der Waals surface area (Å²) in [5.74, 6) is 0.935. The molecule has 0 saturated heterocycles. The molecule has 0 aromatic rings. The highest BCUT2D eigenvalue weighted by atomic mass is 31.2. The van der Waals surface area contributed by atoms with Crippen LogP contribution >= 0.6 is 15.6 Å². The van der Waals surface area contributed by atoms with Crippen molar-refractivity contribution in [3.05, 3.63) is 0 Å². The van der Waals surface area contributed by atoms with E-state index in [1.807, 2.05) is 0 Å². The van der Waals surface area contributed by atoms with Crippen LogP contribution in [0.4, 0.5) is 0 Å². The number of phosphoric ester groups is 2. The monoisotopic (exact) mass is 1400 g/mol. The first-order valence-electron chi connectivity index (χ1n) is 39.3. The second kappa shape index (κ2) is 65.4. The van der Waals surface area contributed by atoms with E-state index < -0.39 is 97.5 Å². The van der Waals surface area contributed by atoms with Gasteiger partial charge in [-0.25, -0.2) is 9.13 Å². The van der Waals surface area contributed by atoms with Crippen molar-refractivity contribution in [3.63, 3.8) is 0 Å². The van der Waals surface area contributed by atoms with E-state index in [4.69, 9.17) is 37.0 Å². The summed E-state index contributed by atoms with van der Waals surface area (Å²) >= 11 is 0. The largest absolute Gasteiger partial charge is 0.472 e. The van der Waals surface area contributed by atoms with Gasteiger partial charge in [-0.2, -0.15) is 0 Å². The summed E-state index contributed by atoms with van der Waals surface area (Å²) in [5, 5.41) is 10.6. The molecular formula is C76H148O17P2. The SMILES string of the molecule is CCC(C)CCCCCCCCCCCCCCCCC(=O)O[C@H](COC(=O)CCCCCCCCC(C)CC)COP(=O)(O)OCC(O)COP(=O)(O)OC[C@@H](COC(=O)CCCCCCCCC(C)C)OC(=O)CCCCCCCCCCCCCCCCCC(C)C. The fourth-order valence-corrected chi connectivity index (χ4v) is 13.1. The van der Waals surface area contributed by atoms with Crippen molar-refractivity contribution in [3.8, 4) is 0 Å². The topological polar surface area (TPSA) is 237 Å². The molecule has 19 heteroatoms. The molecule has 7 atom stereocenters. The molecule has 0 rings (SSSR count). The number of carbonyl (C=O) groups excluding carboxylic acids is 4. The smallest absolute Gasteiger partial charge is 0.462 e. The Kier molecular flexibility index (Phi) is 64.0. The van der Waals surface area contributed by atoms with Gasteiger partial charge in [-0.3, -0.25) is 37.3 Å². The summed E-state index contributed by atoms with van der Waals surface area (Å²) in [6, 6.07) is 0. The lowest BCUT2D eigenvalue weighted by molar-refractivity contribution is -0.161. The van der Waals surface area contributed by atoms with Gasteiger partial charge in [0, 0.05) is 25.7 Å². The van der Waals surface area contributed by atoms with Gasteiger partial charge in [0.15, 0.2) is 12.2 Å². The minimum Gasteiger partial charge on any atom is -0.462 e. The summed E-state index contributed by atoms with van der Waals surface area (Å²) < 4.78 is 68.5. The number of carbonyl (C=O) groups is 4. The van der Waals surface area contributed by atoms with Crippen LogP contribution in [0.2, 0.25) is 0 Å². The van der Waals surface area contributed by atoms with Crippen molar-refractivity contribution in [2.75, 3.05) is 39.6 Å². The highest BCUT2D eigenvalue weighted by molar-refractivity contribution is 7.47. The van der Waals surface area contributed by atoms with E-state index >= 15 is 0 Å². The number of aliphatic hydroxyl groups is 1. The van der Waals surface area contributed by atoms with Crippen LogP contribution in [-0.4, -0.2) is 96.7 Å². The number of phosphoric acid groups is 2. The van der Waals surface area contributed by atoms with Crippen LogP contribution in [0.5, 0.6) is 0 Å². The Labute approximate surface area is 581 Å². The van der Waals surface area contributed by atoms with Crippen LogP contribution in [0, 0.1) is 23.7 Å². The average Bonchev–Trinajstić information content (AvgIpc) is 2.70. The number of hydrogen-bond acceptors (Lipinski definition) is 15. The molecule has 0 radical (unpaired) electrons. The molecule has 5 unspecified atom stereocenters. The Bertz CT molecular complexity index is 1870. The maximum Gasteiger partial charge on any atom is 0.472 e. The highest BCUT2D eigenvalue weighted by Gasteiger charge is 2.30. The molecule has 0 bridgehead atoms. The molecule has 0 aromatic carbocycles. The van der Waals surface area contributed by atoms with E-state index in [-0.39, 0.29) is 25.7 Å². The minimum absolute atomic E-state index is 0.106. The van der Waals surface area contributed by atoms with E-state index in [1.165, 1.54) is 173 Å². The van der Waals surface area contributed by atoms with Crippen LogP contribution < -0.4 is 0 Å². The Balaban J connectivity index is 5.19. The fraction of sp³-hybridized carbons (Fsp3) is 0.947. The minimum atomic E-state index is -4.96. The highest BCUT2D eigenvalue weighted by Crippen LogP contribution is 2.45. The first-order valence-corrected chi connectivity index (χ1v) is 42.3. The molecular weight excluding hydrogens is 1250 g/mol. The van der Waals surface area contributed by atoms with Crippen molar-refractivity contribution < 1.29 is 80.2 Å². The number of esters is 4. The van der Waals surface area contributed by atoms with Crippen LogP contribution in [0.3, 0.4) is 0 Å². The second-order valence-corrected chi connectivity index (χ2v) is 31.7. The number of unbranched alkanes of at least 4 members (excludes halogenated alkanes) is 37. The van der Waals surface area contributed by atoms with Gasteiger partial charge in [0.2, 0.25) is 0 Å². The number of ether oxygens (including phenoxy) is 4. The molecule has 0 aliphatic rings. The molecule has 95 heavy (non-hydrogen) atoms. The molecule has 0 amide bonds. The molecule has 0 spiro atoms. The van der Waals surface area contributed by atoms with Gasteiger partial charge in [0.1, 0.15) is 19.3 Å². The molecule has 3 N–H and O–H groups in total. The summed E-state index contributed by atoms with van der Waals surface area (Å²) in [4.78, 5) is 72.7. The first kappa shape index (κ1) is 93.1. The summed E-state index contributed by atoms with van der Waals surface area (Å²) in [5.41, 5.74) is 0. The van der Waals surface area contributed by atoms with Gasteiger partial charge in [-0.1, -0.05) is 331 Å². The van der Waals surface area contributed by atoms with Crippen molar-refractivity contribution in [1.29, 1.82) is 0 Å². The average molecular weight is 1400 g/mol. The summed E-state index contributed by atoms with van der Waals surface area (Å²) in [7, 11) is -9.91. The maximum absolute atomic E-state index is 13.1. The second-order valence-electron chi connectivity index (χ2n) is 28.8. The van der Waals surface area contributed by atoms with Crippen LogP contribution in [0.1, 0.15) is 383 Å². The number of aliphatic hydroxyl groups excluding tert-OH is 1. The van der Waals surface area contributed by atoms with E-state index in [0.29, 0.717) is 31.6 Å². The first-order chi connectivity index (χ1) is 45.7. The predicted molar refractivity (Wildman–Crippen MR) is 386 cm³/mol. The molecule has 0 aliphatic carbocycles. The molecule has 17 nitrogen and oxygen atoms in total. The molecule has 0 aliphatic heterocycles. The zero-order valence-corrected chi connectivity index (χ0v) is 64.1. The van der Waals surface area contributed by atoms with Gasteiger partial charge >= 0.3 is 39.5 Å². The predicted octanol–water partition coefficient (Wildman–Crippen LogP) is 22.0. The van der Waals surface area contributed by atoms with Crippen molar-refractivity contribution in [2.45, 2.75) is 401 Å². The Hall–Kier alpha value is -1.94. The van der Waals surface area contributed by atoms with Gasteiger partial charge < -0.3 is 33.8 Å². The third-order valence-corrected chi connectivity index (χ3v) is 20.2. The van der Waals surface area contributed by atoms with Gasteiger partial charge in [0.25, 0.3) is 0 Å². The zero-order valence-electron chi connectivity index (χ0n) is 62.3. The number of hydrogen-bond donors (Lipinski definition) is 3. The Morgan fingerprint density at radius 3 is 0.747 bits per heavy atom. The lowest BCUT2D eigenvalue weighted by atomic mass is 9.99. The molecule has 0 heterocycles. The van der Waals surface area contributed by atoms with Gasteiger partial charge in [-0.15, -0.1) is 0 Å². The normalized spacial score (nSPS) is 14.7. The fourth-order valence-electron chi connectivity index (χ4n) is 11.5. The van der Waals surface area contributed by atoms with Crippen LogP contribution in [-0.2, 0) is 65.4 Å². The van der Waals surface area contributed by atoms with E-state index in [1.54, 1.807) is 0 Å². The molecule has 0 saturated carbocycles. The van der Waals surface area contributed by atoms with Crippen molar-refractivity contribution >= 4 is 39.5 Å². The van der Waals surface area contributed by atoms with Crippen LogP contribution in [0.15, 0.2) is 0 Å². The lowest BCUT2D eigenvalue weighted by Gasteiger charge is -2.21. The van der Waals surface area contributed by atoms with E-state index in [2.05, 4.69) is 55.4 Å². The summed E-state index contributed by atoms with van der Waals surface area (Å²) in [6.45, 7) is 14.2. The van der Waals surface area contributed by atoms with Crippen LogP contribution in [0.25, 0.3) is 0 Å². The van der Waals surface area contributed by atoms with Crippen molar-refractivity contribution in [2.24, 2.45) is 23.7 Å². The number of rotatable bonds is 73. The lowest BCUT2D eigenvalue weighted by Crippen LogP contribution is -2.30.